The van der Waals surface area contributed by atoms with E-state index in [4.69, 9.17) is 0 Å². The molecule has 0 spiro atoms. The highest BCUT2D eigenvalue weighted by atomic mass is 16.2. The van der Waals surface area contributed by atoms with Crippen LogP contribution in [0.4, 0.5) is 0 Å². The lowest BCUT2D eigenvalue weighted by atomic mass is 10.3. The van der Waals surface area contributed by atoms with E-state index in [9.17, 15) is 9.59 Å². The largest absolute Gasteiger partial charge is 0.349 e. The number of carbonyl (C=O) groups excluding carboxylic acids is 1. The molecule has 1 aromatic heterocycles. The number of hydrogen-bond acceptors (Lipinski definition) is 4. The maximum atomic E-state index is 12.0. The maximum Gasteiger partial charge on any atom is 0.271 e. The van der Waals surface area contributed by atoms with Crippen molar-refractivity contribution >= 4 is 5.91 Å². The van der Waals surface area contributed by atoms with Crippen molar-refractivity contribution in [1.29, 1.82) is 0 Å². The van der Waals surface area contributed by atoms with E-state index >= 15 is 0 Å². The summed E-state index contributed by atoms with van der Waals surface area (Å²) in [5, 5.41) is 9.98. The van der Waals surface area contributed by atoms with Gasteiger partial charge < -0.3 is 10.6 Å². The molecule has 1 amide bonds. The fraction of sp³-hybridized carbons (Fsp3) is 0.267. The van der Waals surface area contributed by atoms with Gasteiger partial charge in [0.05, 0.1) is 5.69 Å². The van der Waals surface area contributed by atoms with Crippen LogP contribution in [0.1, 0.15) is 17.4 Å². The lowest BCUT2D eigenvalue weighted by molar-refractivity contribution is 0.0947. The predicted molar refractivity (Wildman–Crippen MR) is 80.7 cm³/mol. The van der Waals surface area contributed by atoms with Gasteiger partial charge >= 0.3 is 0 Å². The zero-order chi connectivity index (χ0) is 15.1. The quantitative estimate of drug-likeness (QED) is 0.761. The third kappa shape index (κ3) is 4.00. The first-order valence-electron chi connectivity index (χ1n) is 6.87. The van der Waals surface area contributed by atoms with Crippen LogP contribution in [0.15, 0.2) is 47.3 Å². The van der Waals surface area contributed by atoms with E-state index in [2.05, 4.69) is 15.7 Å². The molecule has 0 bridgehead atoms. The number of aromatic nitrogens is 2. The van der Waals surface area contributed by atoms with Crippen molar-refractivity contribution in [3.05, 3.63) is 58.5 Å². The molecule has 0 aliphatic heterocycles. The van der Waals surface area contributed by atoms with Crippen molar-refractivity contribution in [2.24, 2.45) is 0 Å². The van der Waals surface area contributed by atoms with Crippen molar-refractivity contribution in [1.82, 2.24) is 20.4 Å². The molecule has 6 heteroatoms. The van der Waals surface area contributed by atoms with Gasteiger partial charge in [0, 0.05) is 19.2 Å². The highest BCUT2D eigenvalue weighted by Crippen LogP contribution is 2.02. The molecule has 0 saturated heterocycles. The lowest BCUT2D eigenvalue weighted by Crippen LogP contribution is -2.33. The first-order chi connectivity index (χ1) is 10.2. The zero-order valence-corrected chi connectivity index (χ0v) is 11.9. The van der Waals surface area contributed by atoms with Gasteiger partial charge in [0.2, 0.25) is 0 Å². The summed E-state index contributed by atoms with van der Waals surface area (Å²) in [6.07, 6.45) is 0. The van der Waals surface area contributed by atoms with Crippen molar-refractivity contribution in [2.45, 2.75) is 6.92 Å². The molecule has 21 heavy (non-hydrogen) atoms. The molecule has 2 rings (SSSR count). The van der Waals surface area contributed by atoms with Crippen molar-refractivity contribution < 1.29 is 4.79 Å². The van der Waals surface area contributed by atoms with E-state index in [0.29, 0.717) is 18.8 Å². The Balaban J connectivity index is 2.15. The summed E-state index contributed by atoms with van der Waals surface area (Å²) in [6, 6.07) is 11.8. The van der Waals surface area contributed by atoms with E-state index in [1.807, 2.05) is 25.1 Å². The van der Waals surface area contributed by atoms with Gasteiger partial charge in [-0.15, -0.1) is 0 Å². The number of likely N-dealkylation sites (N-methyl/N-ethyl adjacent to an activating group) is 1. The molecular weight excluding hydrogens is 268 g/mol. The number of amides is 1. The van der Waals surface area contributed by atoms with Crippen molar-refractivity contribution in [2.75, 3.05) is 19.6 Å². The Kier molecular flexibility index (Phi) is 5.22. The molecule has 0 fully saturated rings. The van der Waals surface area contributed by atoms with Crippen LogP contribution < -0.4 is 16.2 Å². The van der Waals surface area contributed by atoms with Gasteiger partial charge in [-0.2, -0.15) is 9.78 Å². The molecule has 6 nitrogen and oxygen atoms in total. The van der Waals surface area contributed by atoms with Gasteiger partial charge in [0.25, 0.3) is 11.5 Å². The van der Waals surface area contributed by atoms with Gasteiger partial charge in [-0.3, -0.25) is 9.59 Å². The van der Waals surface area contributed by atoms with E-state index in [1.54, 1.807) is 12.1 Å². The Morgan fingerprint density at radius 1 is 1.14 bits per heavy atom. The third-order valence-electron chi connectivity index (χ3n) is 2.87. The van der Waals surface area contributed by atoms with Gasteiger partial charge in [0.1, 0.15) is 5.69 Å². The summed E-state index contributed by atoms with van der Waals surface area (Å²) in [6.45, 7) is 4.06. The fourth-order valence-electron chi connectivity index (χ4n) is 1.82. The minimum absolute atomic E-state index is 0.218. The monoisotopic (exact) mass is 286 g/mol. The summed E-state index contributed by atoms with van der Waals surface area (Å²) in [4.78, 5) is 23.8. The molecule has 0 aliphatic carbocycles. The summed E-state index contributed by atoms with van der Waals surface area (Å²) >= 11 is 0. The second-order valence-corrected chi connectivity index (χ2v) is 4.41. The van der Waals surface area contributed by atoms with Crippen LogP contribution in [0.5, 0.6) is 0 Å². The molecular formula is C15H18N4O2. The number of nitrogens with zero attached hydrogens (tertiary/aromatic N) is 2. The highest BCUT2D eigenvalue weighted by molar-refractivity contribution is 5.92. The normalized spacial score (nSPS) is 10.3. The smallest absolute Gasteiger partial charge is 0.271 e. The summed E-state index contributed by atoms with van der Waals surface area (Å²) in [5.74, 6) is -0.294. The lowest BCUT2D eigenvalue weighted by Gasteiger charge is -2.08. The molecule has 110 valence electrons. The second-order valence-electron chi connectivity index (χ2n) is 4.41. The molecule has 0 saturated carbocycles. The number of carbonyl (C=O) groups is 1. The molecule has 2 aromatic rings. The number of hydrogen-bond donors (Lipinski definition) is 2. The van der Waals surface area contributed by atoms with Crippen LogP contribution in [0.2, 0.25) is 0 Å². The standard InChI is InChI=1S/C15H18N4O2/c1-2-16-10-11-17-15(21)13-8-9-14(20)19(18-13)12-6-4-3-5-7-12/h3-9,16H,2,10-11H2,1H3,(H,17,21). The highest BCUT2D eigenvalue weighted by Gasteiger charge is 2.09. The van der Waals surface area contributed by atoms with E-state index in [-0.39, 0.29) is 17.2 Å². The van der Waals surface area contributed by atoms with Crippen LogP contribution in [0.25, 0.3) is 5.69 Å². The Morgan fingerprint density at radius 2 is 1.90 bits per heavy atom. The van der Waals surface area contributed by atoms with Crippen LogP contribution in [-0.2, 0) is 0 Å². The third-order valence-corrected chi connectivity index (χ3v) is 2.87. The molecule has 1 heterocycles. The Morgan fingerprint density at radius 3 is 2.62 bits per heavy atom. The summed E-state index contributed by atoms with van der Waals surface area (Å²) < 4.78 is 1.22. The molecule has 0 radical (unpaired) electrons. The first-order valence-corrected chi connectivity index (χ1v) is 6.87. The van der Waals surface area contributed by atoms with Gasteiger partial charge in [-0.25, -0.2) is 0 Å². The minimum atomic E-state index is -0.294. The van der Waals surface area contributed by atoms with Crippen LogP contribution in [0.3, 0.4) is 0 Å². The Bertz CT molecular complexity index is 652. The van der Waals surface area contributed by atoms with Gasteiger partial charge in [0.15, 0.2) is 0 Å². The van der Waals surface area contributed by atoms with E-state index in [0.717, 1.165) is 6.54 Å². The summed E-state index contributed by atoms with van der Waals surface area (Å²) in [7, 11) is 0. The van der Waals surface area contributed by atoms with Crippen molar-refractivity contribution in [3.63, 3.8) is 0 Å². The van der Waals surface area contributed by atoms with E-state index in [1.165, 1.54) is 16.8 Å². The molecule has 1 aromatic carbocycles. The molecule has 0 aliphatic rings. The topological polar surface area (TPSA) is 76.0 Å². The number of benzene rings is 1. The number of para-hydroxylation sites is 1. The van der Waals surface area contributed by atoms with Crippen LogP contribution in [-0.4, -0.2) is 35.3 Å². The number of nitrogens with one attached hydrogen (secondary N) is 2. The molecule has 0 unspecified atom stereocenters. The SMILES string of the molecule is CCNCCNC(=O)c1ccc(=O)n(-c2ccccc2)n1. The zero-order valence-electron chi connectivity index (χ0n) is 11.9. The fourth-order valence-corrected chi connectivity index (χ4v) is 1.82. The van der Waals surface area contributed by atoms with Crippen molar-refractivity contribution in [3.8, 4) is 5.69 Å². The molecule has 0 atom stereocenters. The van der Waals surface area contributed by atoms with E-state index < -0.39 is 0 Å². The Labute approximate surface area is 122 Å². The van der Waals surface area contributed by atoms with Crippen LogP contribution in [0, 0.1) is 0 Å². The first kappa shape index (κ1) is 14.9. The minimum Gasteiger partial charge on any atom is -0.349 e. The van der Waals surface area contributed by atoms with Crippen LogP contribution >= 0.6 is 0 Å². The Hall–Kier alpha value is -2.47. The maximum absolute atomic E-state index is 12.0. The predicted octanol–water partition coefficient (Wildman–Crippen LogP) is 0.572. The summed E-state index contributed by atoms with van der Waals surface area (Å²) in [5.41, 5.74) is 0.574. The molecule has 2 N–H and O–H groups in total. The van der Waals surface area contributed by atoms with Gasteiger partial charge in [-0.1, -0.05) is 25.1 Å². The average molecular weight is 286 g/mol. The second kappa shape index (κ2) is 7.35. The number of rotatable bonds is 6. The van der Waals surface area contributed by atoms with Gasteiger partial charge in [-0.05, 0) is 24.7 Å². The average Bonchev–Trinajstić information content (AvgIpc) is 2.52.